The third kappa shape index (κ3) is 25.0. The van der Waals surface area contributed by atoms with E-state index in [9.17, 15) is 0 Å². The second-order valence-electron chi connectivity index (χ2n) is 25.4. The molecule has 3 aromatic heterocycles. The number of aliphatic hydroxyl groups is 2. The maximum absolute atomic E-state index is 9.13. The first kappa shape index (κ1) is 90.5. The average molecular weight is 1740 g/mol. The monoisotopic (exact) mass is 1740 g/mol. The maximum Gasteiger partial charge on any atom is 0.494 e. The van der Waals surface area contributed by atoms with Crippen LogP contribution in [0.25, 0.3) is 47.9 Å². The molecule has 12 rings (SSSR count). The Labute approximate surface area is 679 Å². The summed E-state index contributed by atoms with van der Waals surface area (Å²) < 4.78 is 39.7. The predicted molar refractivity (Wildman–Crippen MR) is 439 cm³/mol. The summed E-state index contributed by atoms with van der Waals surface area (Å²) in [5.41, 5.74) is 31.1. The standard InChI is InChI=1S/C22H17N3O2.C22H25N3O2.C15H13NO.C13H19BO3.C8H6BrN.C7H5ClN2O.CH3.Re/c1-15-19(8-5-9-20(15)24-2)17-7-4-6-16(12-17)14-27-21-11-10-18(13-23)22(25-21)26-3;1-15-18(12-23)7-4-8-20(15)17-6-3-5-16(11-17)14-27-21-10-9-19(13-24)22(25-21)26-2;1-11-14(7-4-8-15(11)16-2)13-6-3-5-12(9-13)10-17;1-12(2)13(3,4)17-14(16-12)11-7-5-6-10(8-11)9-15;1-6-7(9)4-3-5-8(6)10-2;1-11-7-5(4-9)2-3-6(8)10-7;;/h4-12H,14H2,1,3H3;3-11H,12-14,23-24H2,1-2H3;3-9,17H,10H2,1H3;5-8,15H,9H2,1-4H3;3-5H,1H3;2-3H,1H3;1H3;/q;;;;;;-1;. The second-order valence-corrected chi connectivity index (χ2v) is 26.6. The van der Waals surface area contributed by atoms with Gasteiger partial charge in [0, 0.05) is 55.7 Å². The number of aromatic nitrogens is 3. The molecule has 1 fully saturated rings. The molecule has 8 aromatic carbocycles. The van der Waals surface area contributed by atoms with E-state index in [4.69, 9.17) is 96.5 Å². The van der Waals surface area contributed by atoms with Gasteiger partial charge in [0.15, 0.2) is 17.1 Å². The zero-order chi connectivity index (χ0) is 79.2. The van der Waals surface area contributed by atoms with E-state index in [0.717, 1.165) is 93.5 Å². The molecule has 0 unspecified atom stereocenters. The summed E-state index contributed by atoms with van der Waals surface area (Å²) in [5.74, 6) is 1.91. The minimum Gasteiger partial charge on any atom is -0.481 e. The molecule has 0 atom stereocenters. The Hall–Kier alpha value is -11.1. The number of benzene rings is 8. The largest absolute Gasteiger partial charge is 0.494 e. The van der Waals surface area contributed by atoms with Crippen molar-refractivity contribution in [3.63, 3.8) is 0 Å². The Balaban J connectivity index is 0.000000246. The smallest absolute Gasteiger partial charge is 0.481 e. The Morgan fingerprint density at radius 2 is 0.874 bits per heavy atom. The van der Waals surface area contributed by atoms with Crippen LogP contribution in [0.4, 0.5) is 17.1 Å². The zero-order valence-corrected chi connectivity index (χ0v) is 69.1. The molecular formula is C88H88BBrClN10O9Re-. The Kier molecular flexibility index (Phi) is 36.3. The van der Waals surface area contributed by atoms with E-state index >= 15 is 0 Å². The van der Waals surface area contributed by atoms with E-state index in [2.05, 4.69) is 76.6 Å². The summed E-state index contributed by atoms with van der Waals surface area (Å²) in [5, 5.41) is 36.1. The number of nitrogens with two attached hydrogens (primary N) is 2. The fraction of sp³-hybridized carbons (Fsp3) is 0.216. The van der Waals surface area contributed by atoms with Gasteiger partial charge in [-0.25, -0.2) is 19.5 Å². The normalized spacial score (nSPS) is 11.5. The van der Waals surface area contributed by atoms with Crippen molar-refractivity contribution < 1.29 is 63.6 Å². The number of rotatable bonds is 17. The first-order chi connectivity index (χ1) is 52.5. The number of hydrogen-bond donors (Lipinski definition) is 4. The number of hydrogen-bond acceptors (Lipinski definition) is 16. The SMILES string of the molecule is CC1(C)OB(c2cccc(CO)c2)OC1(C)C.COc1nc(Cl)ccc1C#N.COc1nc(OCc2cccc(-c3cccc(CN)c3C)c2)ccc1CN.[C-]#[N+]c1cccc(-c2cccc(CO)c2)c1C.[C-]#[N+]c1cccc(-c2cccc(COc3ccc(C#N)c(OC)n3)c2)c1C.[C-]#[N+]c1cccc(Br)c1C.[CH3-].[Re]. The van der Waals surface area contributed by atoms with Crippen LogP contribution in [0.2, 0.25) is 5.15 Å². The van der Waals surface area contributed by atoms with Gasteiger partial charge in [-0.3, -0.25) is 0 Å². The van der Waals surface area contributed by atoms with Crippen LogP contribution in [-0.4, -0.2) is 64.8 Å². The molecule has 1 aliphatic heterocycles. The topological polar surface area (TPSA) is 256 Å². The van der Waals surface area contributed by atoms with E-state index < -0.39 is 0 Å². The first-order valence-corrected chi connectivity index (χ1v) is 35.5. The molecule has 6 N–H and O–H groups in total. The van der Waals surface area contributed by atoms with Gasteiger partial charge in [0.05, 0.1) is 65.5 Å². The van der Waals surface area contributed by atoms with Gasteiger partial charge in [-0.15, -0.1) is 0 Å². The Bertz CT molecular complexity index is 5150. The van der Waals surface area contributed by atoms with E-state index in [-0.39, 0.29) is 71.1 Å². The van der Waals surface area contributed by atoms with Crippen molar-refractivity contribution in [3.8, 4) is 74.9 Å². The fourth-order valence-corrected chi connectivity index (χ4v) is 11.4. The molecule has 19 nitrogen and oxygen atoms in total. The van der Waals surface area contributed by atoms with Crippen molar-refractivity contribution >= 4 is 57.2 Å². The van der Waals surface area contributed by atoms with Crippen molar-refractivity contribution in [3.05, 3.63) is 324 Å². The van der Waals surface area contributed by atoms with Crippen LogP contribution in [0.3, 0.4) is 0 Å². The molecule has 0 spiro atoms. The van der Waals surface area contributed by atoms with Crippen LogP contribution < -0.4 is 40.6 Å². The molecule has 1 radical (unpaired) electrons. The third-order valence-electron chi connectivity index (χ3n) is 17.8. The summed E-state index contributed by atoms with van der Waals surface area (Å²) in [6.07, 6.45) is 0. The fourth-order valence-electron chi connectivity index (χ4n) is 10.9. The van der Waals surface area contributed by atoms with Gasteiger partial charge in [-0.05, 0) is 187 Å². The first-order valence-electron chi connectivity index (χ1n) is 34.3. The van der Waals surface area contributed by atoms with Crippen molar-refractivity contribution in [1.29, 1.82) is 10.5 Å². The number of ether oxygens (including phenoxy) is 5. The van der Waals surface area contributed by atoms with Crippen LogP contribution in [0.1, 0.15) is 94.5 Å². The van der Waals surface area contributed by atoms with Crippen LogP contribution in [0.15, 0.2) is 211 Å². The van der Waals surface area contributed by atoms with Crippen LogP contribution in [0.5, 0.6) is 29.4 Å². The number of pyridine rings is 3. The Morgan fingerprint density at radius 1 is 0.486 bits per heavy atom. The minimum absolute atomic E-state index is 0. The van der Waals surface area contributed by atoms with Gasteiger partial charge >= 0.3 is 7.12 Å². The zero-order valence-electron chi connectivity index (χ0n) is 64.1. The van der Waals surface area contributed by atoms with E-state index in [1.54, 1.807) is 31.4 Å². The molecule has 0 amide bonds. The van der Waals surface area contributed by atoms with Gasteiger partial charge in [-0.1, -0.05) is 179 Å². The number of halogens is 2. The van der Waals surface area contributed by atoms with Crippen molar-refractivity contribution in [2.75, 3.05) is 21.3 Å². The van der Waals surface area contributed by atoms with E-state index in [0.29, 0.717) is 71.6 Å². The van der Waals surface area contributed by atoms with Gasteiger partial charge in [0.1, 0.15) is 41.6 Å². The summed E-state index contributed by atoms with van der Waals surface area (Å²) in [7, 11) is 4.13. The minimum atomic E-state index is -0.355. The Morgan fingerprint density at radius 3 is 1.32 bits per heavy atom. The molecule has 111 heavy (non-hydrogen) atoms. The summed E-state index contributed by atoms with van der Waals surface area (Å²) in [4.78, 5) is 22.8. The second kappa shape index (κ2) is 44.5. The summed E-state index contributed by atoms with van der Waals surface area (Å²) >= 11 is 8.90. The van der Waals surface area contributed by atoms with E-state index in [1.807, 2.05) is 218 Å². The summed E-state index contributed by atoms with van der Waals surface area (Å²) in [6.45, 7) is 39.0. The molecule has 569 valence electrons. The molecule has 1 aliphatic rings. The van der Waals surface area contributed by atoms with Gasteiger partial charge in [0.2, 0.25) is 29.4 Å². The average Bonchev–Trinajstić information content (AvgIpc) is 1.63. The van der Waals surface area contributed by atoms with Crippen molar-refractivity contribution in [2.45, 2.75) is 106 Å². The van der Waals surface area contributed by atoms with E-state index in [1.165, 1.54) is 25.3 Å². The van der Waals surface area contributed by atoms with Crippen molar-refractivity contribution in [1.82, 2.24) is 15.0 Å². The van der Waals surface area contributed by atoms with Crippen LogP contribution >= 0.6 is 27.5 Å². The van der Waals surface area contributed by atoms with Gasteiger partial charge in [0.25, 0.3) is 0 Å². The molecule has 0 saturated carbocycles. The quantitative estimate of drug-likeness (QED) is 0.0375. The molecule has 11 aromatic rings. The number of nitrogens with zero attached hydrogens (tertiary/aromatic N) is 8. The number of methoxy groups -OCH3 is 3. The maximum atomic E-state index is 9.13. The number of aliphatic hydroxyl groups excluding tert-OH is 2. The molecule has 23 heteroatoms. The molecule has 0 aliphatic carbocycles. The molecule has 0 bridgehead atoms. The number of nitriles is 2. The van der Waals surface area contributed by atoms with Crippen LogP contribution in [-0.2, 0) is 69.2 Å². The van der Waals surface area contributed by atoms with Crippen molar-refractivity contribution in [2.24, 2.45) is 11.5 Å². The summed E-state index contributed by atoms with van der Waals surface area (Å²) in [6, 6.07) is 69.0. The molecule has 4 heterocycles. The van der Waals surface area contributed by atoms with Gasteiger partial charge < -0.3 is 62.1 Å². The molecular weight excluding hydrogens is 1650 g/mol. The van der Waals surface area contributed by atoms with Crippen LogP contribution in [0, 0.1) is 77.5 Å². The molecule has 1 saturated heterocycles. The predicted octanol–water partition coefficient (Wildman–Crippen LogP) is 19.2. The van der Waals surface area contributed by atoms with Gasteiger partial charge in [-0.2, -0.15) is 20.5 Å². The third-order valence-corrected chi connectivity index (χ3v) is 18.9.